The standard InChI is InChI=1S/C21H20O.2C2H6/c1-15-12-16-6-2-3-9-19(16)20(13-15)17-7-4-8-18(14-17)21-10-5-11-22-21;2*1-2/h2-11,14-15,20H,12-13H2,1H3;2*1-2H3/t15-,20?;;/m1../s1. The van der Waals surface area contributed by atoms with Crippen LogP contribution in [0.15, 0.2) is 71.3 Å². The number of furan rings is 1. The van der Waals surface area contributed by atoms with Crippen molar-refractivity contribution in [2.24, 2.45) is 5.92 Å². The van der Waals surface area contributed by atoms with Crippen molar-refractivity contribution in [3.63, 3.8) is 0 Å². The van der Waals surface area contributed by atoms with E-state index in [2.05, 4.69) is 55.5 Å². The van der Waals surface area contributed by atoms with Crippen LogP contribution in [0.2, 0.25) is 0 Å². The largest absolute Gasteiger partial charge is 0.464 e. The Bertz CT molecular complexity index is 770. The maximum absolute atomic E-state index is 5.55. The van der Waals surface area contributed by atoms with E-state index in [1.54, 1.807) is 6.26 Å². The molecule has 1 unspecified atom stereocenters. The van der Waals surface area contributed by atoms with E-state index in [0.717, 1.165) is 11.7 Å². The van der Waals surface area contributed by atoms with Crippen molar-refractivity contribution in [1.82, 2.24) is 0 Å². The molecular formula is C25H32O. The number of benzene rings is 2. The predicted molar refractivity (Wildman–Crippen MR) is 113 cm³/mol. The van der Waals surface area contributed by atoms with E-state index in [-0.39, 0.29) is 0 Å². The zero-order valence-electron chi connectivity index (χ0n) is 16.8. The minimum absolute atomic E-state index is 0.495. The summed E-state index contributed by atoms with van der Waals surface area (Å²) >= 11 is 0. The lowest BCUT2D eigenvalue weighted by Gasteiger charge is -2.30. The molecule has 1 heteroatoms. The second-order valence-corrected chi connectivity index (χ2v) is 6.40. The van der Waals surface area contributed by atoms with Crippen LogP contribution in [0.3, 0.4) is 0 Å². The summed E-state index contributed by atoms with van der Waals surface area (Å²) in [5, 5.41) is 0. The van der Waals surface area contributed by atoms with Crippen molar-refractivity contribution in [1.29, 1.82) is 0 Å². The third-order valence-corrected chi connectivity index (χ3v) is 4.73. The van der Waals surface area contributed by atoms with E-state index >= 15 is 0 Å². The summed E-state index contributed by atoms with van der Waals surface area (Å²) in [7, 11) is 0. The van der Waals surface area contributed by atoms with Crippen molar-refractivity contribution in [3.05, 3.63) is 83.6 Å². The Balaban J connectivity index is 0.000000570. The topological polar surface area (TPSA) is 13.1 Å². The highest BCUT2D eigenvalue weighted by atomic mass is 16.3. The van der Waals surface area contributed by atoms with Crippen LogP contribution in [0.4, 0.5) is 0 Å². The lowest BCUT2D eigenvalue weighted by Crippen LogP contribution is -2.17. The number of hydrogen-bond acceptors (Lipinski definition) is 1. The molecule has 1 aliphatic rings. The molecule has 0 fully saturated rings. The molecule has 0 radical (unpaired) electrons. The fourth-order valence-corrected chi connectivity index (χ4v) is 3.72. The Kier molecular flexibility index (Phi) is 7.72. The highest BCUT2D eigenvalue weighted by molar-refractivity contribution is 5.59. The molecule has 1 aliphatic carbocycles. The van der Waals surface area contributed by atoms with Gasteiger partial charge in [0.25, 0.3) is 0 Å². The first-order chi connectivity index (χ1) is 12.8. The molecule has 0 aliphatic heterocycles. The maximum Gasteiger partial charge on any atom is 0.133 e. The molecule has 0 spiro atoms. The average Bonchev–Trinajstić information content (AvgIpc) is 3.25. The van der Waals surface area contributed by atoms with Crippen molar-refractivity contribution < 1.29 is 4.42 Å². The van der Waals surface area contributed by atoms with Gasteiger partial charge in [0.15, 0.2) is 0 Å². The van der Waals surface area contributed by atoms with Gasteiger partial charge in [0.2, 0.25) is 0 Å². The minimum Gasteiger partial charge on any atom is -0.464 e. The van der Waals surface area contributed by atoms with Crippen LogP contribution in [0, 0.1) is 5.92 Å². The van der Waals surface area contributed by atoms with Gasteiger partial charge < -0.3 is 4.42 Å². The molecular weight excluding hydrogens is 316 g/mol. The molecule has 0 N–H and O–H groups in total. The monoisotopic (exact) mass is 348 g/mol. The molecule has 1 aromatic heterocycles. The zero-order chi connectivity index (χ0) is 18.9. The second-order valence-electron chi connectivity index (χ2n) is 6.40. The molecule has 26 heavy (non-hydrogen) atoms. The first-order valence-corrected chi connectivity index (χ1v) is 10.0. The summed E-state index contributed by atoms with van der Waals surface area (Å²) < 4.78 is 5.55. The molecule has 3 aromatic rings. The van der Waals surface area contributed by atoms with Crippen LogP contribution in [-0.2, 0) is 6.42 Å². The van der Waals surface area contributed by atoms with Crippen LogP contribution in [0.1, 0.15) is 63.6 Å². The average molecular weight is 349 g/mol. The normalized spacial score (nSPS) is 17.9. The molecule has 0 saturated heterocycles. The highest BCUT2D eigenvalue weighted by Gasteiger charge is 2.25. The van der Waals surface area contributed by atoms with Crippen LogP contribution < -0.4 is 0 Å². The highest BCUT2D eigenvalue weighted by Crippen LogP contribution is 2.40. The Morgan fingerprint density at radius 3 is 2.35 bits per heavy atom. The molecule has 2 aromatic carbocycles. The maximum atomic E-state index is 5.55. The summed E-state index contributed by atoms with van der Waals surface area (Å²) in [6.45, 7) is 10.4. The number of rotatable bonds is 2. The first kappa shape index (κ1) is 20.0. The Morgan fingerprint density at radius 2 is 1.62 bits per heavy atom. The van der Waals surface area contributed by atoms with Gasteiger partial charge in [-0.15, -0.1) is 0 Å². The molecule has 138 valence electrons. The summed E-state index contributed by atoms with van der Waals surface area (Å²) in [4.78, 5) is 0. The van der Waals surface area contributed by atoms with Crippen molar-refractivity contribution in [3.8, 4) is 11.3 Å². The third-order valence-electron chi connectivity index (χ3n) is 4.73. The van der Waals surface area contributed by atoms with Gasteiger partial charge in [-0.1, -0.05) is 77.1 Å². The van der Waals surface area contributed by atoms with E-state index < -0.39 is 0 Å². The van der Waals surface area contributed by atoms with Gasteiger partial charge in [-0.2, -0.15) is 0 Å². The van der Waals surface area contributed by atoms with Crippen LogP contribution in [0.5, 0.6) is 0 Å². The smallest absolute Gasteiger partial charge is 0.133 e. The van der Waals surface area contributed by atoms with Gasteiger partial charge in [0.1, 0.15) is 5.76 Å². The zero-order valence-corrected chi connectivity index (χ0v) is 16.8. The van der Waals surface area contributed by atoms with Gasteiger partial charge in [-0.05, 0) is 53.6 Å². The van der Waals surface area contributed by atoms with E-state index in [1.807, 2.05) is 39.8 Å². The summed E-state index contributed by atoms with van der Waals surface area (Å²) in [5.41, 5.74) is 5.57. The van der Waals surface area contributed by atoms with Gasteiger partial charge in [0, 0.05) is 11.5 Å². The Labute approximate surface area is 159 Å². The van der Waals surface area contributed by atoms with E-state index in [0.29, 0.717) is 5.92 Å². The van der Waals surface area contributed by atoms with Gasteiger partial charge in [-0.3, -0.25) is 0 Å². The molecule has 2 atom stereocenters. The molecule has 0 amide bonds. The van der Waals surface area contributed by atoms with Crippen molar-refractivity contribution in [2.45, 2.75) is 53.4 Å². The van der Waals surface area contributed by atoms with Crippen molar-refractivity contribution in [2.75, 3.05) is 0 Å². The third kappa shape index (κ3) is 4.46. The summed E-state index contributed by atoms with van der Waals surface area (Å²) in [6.07, 6.45) is 4.16. The van der Waals surface area contributed by atoms with Gasteiger partial charge >= 0.3 is 0 Å². The molecule has 1 nitrogen and oxygen atoms in total. The summed E-state index contributed by atoms with van der Waals surface area (Å²) in [5.74, 6) is 2.17. The number of fused-ring (bicyclic) bond motifs is 1. The van der Waals surface area contributed by atoms with E-state index in [1.165, 1.54) is 35.1 Å². The van der Waals surface area contributed by atoms with Crippen molar-refractivity contribution >= 4 is 0 Å². The summed E-state index contributed by atoms with van der Waals surface area (Å²) in [6, 6.07) is 21.7. The van der Waals surface area contributed by atoms with Crippen LogP contribution in [0.25, 0.3) is 11.3 Å². The minimum atomic E-state index is 0.495. The van der Waals surface area contributed by atoms with E-state index in [9.17, 15) is 0 Å². The lowest BCUT2D eigenvalue weighted by molar-refractivity contribution is 0.464. The van der Waals surface area contributed by atoms with E-state index in [4.69, 9.17) is 4.42 Å². The molecule has 1 heterocycles. The second kappa shape index (κ2) is 10.0. The van der Waals surface area contributed by atoms with Gasteiger partial charge in [-0.25, -0.2) is 0 Å². The lowest BCUT2D eigenvalue weighted by atomic mass is 9.74. The fraction of sp³-hybridized carbons (Fsp3) is 0.360. The molecule has 0 saturated carbocycles. The predicted octanol–water partition coefficient (Wildman–Crippen LogP) is 7.71. The molecule has 4 rings (SSSR count). The number of hydrogen-bond donors (Lipinski definition) is 0. The van der Waals surface area contributed by atoms with Crippen LogP contribution >= 0.6 is 0 Å². The fourth-order valence-electron chi connectivity index (χ4n) is 3.72. The van der Waals surface area contributed by atoms with Crippen LogP contribution in [-0.4, -0.2) is 0 Å². The van der Waals surface area contributed by atoms with Gasteiger partial charge in [0.05, 0.1) is 6.26 Å². The Morgan fingerprint density at radius 1 is 0.846 bits per heavy atom. The SMILES string of the molecule is CC.CC.C[C@@H]1Cc2ccccc2C(c2cccc(-c3ccco3)c2)C1. The first-order valence-electron chi connectivity index (χ1n) is 10.0. The Hall–Kier alpha value is -2.28. The molecule has 0 bridgehead atoms. The quantitative estimate of drug-likeness (QED) is 0.462.